The molecule has 2 aromatic rings. The van der Waals surface area contributed by atoms with Gasteiger partial charge in [0.05, 0.1) is 18.5 Å². The fourth-order valence-electron chi connectivity index (χ4n) is 1.81. The molecule has 0 bridgehead atoms. The van der Waals surface area contributed by atoms with Gasteiger partial charge in [-0.1, -0.05) is 6.92 Å². The van der Waals surface area contributed by atoms with Gasteiger partial charge in [-0.15, -0.1) is 0 Å². The summed E-state index contributed by atoms with van der Waals surface area (Å²) in [6.45, 7) is 4.64. The van der Waals surface area contributed by atoms with Crippen molar-refractivity contribution < 1.29 is 4.74 Å². The largest absolute Gasteiger partial charge is 0.492 e. The van der Waals surface area contributed by atoms with Crippen LogP contribution in [0.5, 0.6) is 5.75 Å². The van der Waals surface area contributed by atoms with Crippen LogP contribution in [0, 0.1) is 0 Å². The maximum atomic E-state index is 5.82. The van der Waals surface area contributed by atoms with Crippen molar-refractivity contribution in [3.63, 3.8) is 0 Å². The Morgan fingerprint density at radius 3 is 2.74 bits per heavy atom. The first-order valence-corrected chi connectivity index (χ1v) is 6.44. The van der Waals surface area contributed by atoms with Crippen molar-refractivity contribution >= 4 is 5.82 Å². The number of hydrogen-bond donors (Lipinski definition) is 1. The monoisotopic (exact) mass is 258 g/mol. The second-order valence-corrected chi connectivity index (χ2v) is 4.19. The number of nitrogens with zero attached hydrogens (tertiary/aromatic N) is 3. The number of nitrogen functional groups attached to an aromatic ring is 1. The van der Waals surface area contributed by atoms with E-state index in [0.717, 1.165) is 35.7 Å². The molecule has 5 heteroatoms. The summed E-state index contributed by atoms with van der Waals surface area (Å²) < 4.78 is 5.44. The predicted octanol–water partition coefficient (Wildman–Crippen LogP) is 2.47. The van der Waals surface area contributed by atoms with Gasteiger partial charge in [-0.25, -0.2) is 9.97 Å². The summed E-state index contributed by atoms with van der Waals surface area (Å²) >= 11 is 0. The molecule has 0 aromatic carbocycles. The second-order valence-electron chi connectivity index (χ2n) is 4.19. The predicted molar refractivity (Wildman–Crippen MR) is 74.8 cm³/mol. The molecular weight excluding hydrogens is 240 g/mol. The molecule has 0 atom stereocenters. The average molecular weight is 258 g/mol. The summed E-state index contributed by atoms with van der Waals surface area (Å²) in [4.78, 5) is 12.9. The lowest BCUT2D eigenvalue weighted by atomic mass is 10.2. The Balaban J connectivity index is 2.37. The van der Waals surface area contributed by atoms with Crippen molar-refractivity contribution in [1.82, 2.24) is 15.0 Å². The van der Waals surface area contributed by atoms with Crippen molar-refractivity contribution in [3.05, 3.63) is 30.4 Å². The number of aryl methyl sites for hydroxylation is 1. The van der Waals surface area contributed by atoms with Gasteiger partial charge in [-0.2, -0.15) is 0 Å². The molecule has 5 nitrogen and oxygen atoms in total. The van der Waals surface area contributed by atoms with E-state index in [2.05, 4.69) is 21.9 Å². The second kappa shape index (κ2) is 6.13. The van der Waals surface area contributed by atoms with Gasteiger partial charge < -0.3 is 10.5 Å². The molecule has 0 aliphatic carbocycles. The molecule has 0 fully saturated rings. The Hall–Kier alpha value is -2.17. The van der Waals surface area contributed by atoms with Crippen LogP contribution in [-0.4, -0.2) is 21.6 Å². The third-order valence-electron chi connectivity index (χ3n) is 2.59. The van der Waals surface area contributed by atoms with Crippen molar-refractivity contribution in [3.8, 4) is 17.0 Å². The molecule has 0 unspecified atom stereocenters. The molecule has 2 rings (SSSR count). The van der Waals surface area contributed by atoms with Gasteiger partial charge >= 0.3 is 0 Å². The zero-order chi connectivity index (χ0) is 13.7. The van der Waals surface area contributed by atoms with Crippen LogP contribution in [0.25, 0.3) is 11.3 Å². The normalized spacial score (nSPS) is 10.4. The van der Waals surface area contributed by atoms with E-state index in [-0.39, 0.29) is 0 Å². The van der Waals surface area contributed by atoms with E-state index in [9.17, 15) is 0 Å². The van der Waals surface area contributed by atoms with Crippen LogP contribution in [0.3, 0.4) is 0 Å². The number of nitrogens with two attached hydrogens (primary N) is 1. The Kier molecular flexibility index (Phi) is 4.28. The molecular formula is C14H18N4O. The van der Waals surface area contributed by atoms with E-state index in [0.29, 0.717) is 12.4 Å². The Labute approximate surface area is 112 Å². The van der Waals surface area contributed by atoms with Crippen molar-refractivity contribution in [2.75, 3.05) is 12.3 Å². The van der Waals surface area contributed by atoms with Gasteiger partial charge in [0.25, 0.3) is 0 Å². The third kappa shape index (κ3) is 3.40. The lowest BCUT2D eigenvalue weighted by Gasteiger charge is -2.07. The first kappa shape index (κ1) is 13.3. The number of hydrogen-bond acceptors (Lipinski definition) is 5. The lowest BCUT2D eigenvalue weighted by Crippen LogP contribution is -2.01. The molecule has 0 radical (unpaired) electrons. The molecule has 0 aliphatic heterocycles. The van der Waals surface area contributed by atoms with E-state index >= 15 is 0 Å². The topological polar surface area (TPSA) is 73.9 Å². The van der Waals surface area contributed by atoms with Crippen LogP contribution in [0.2, 0.25) is 0 Å². The first-order chi connectivity index (χ1) is 9.22. The molecule has 0 spiro atoms. The number of pyridine rings is 1. The molecule has 0 saturated heterocycles. The van der Waals surface area contributed by atoms with E-state index in [1.54, 1.807) is 18.5 Å². The van der Waals surface area contributed by atoms with Gasteiger partial charge in [-0.3, -0.25) is 4.98 Å². The van der Waals surface area contributed by atoms with Gasteiger partial charge in [0.15, 0.2) is 0 Å². The molecule has 0 aliphatic rings. The van der Waals surface area contributed by atoms with Crippen molar-refractivity contribution in [1.29, 1.82) is 0 Å². The minimum Gasteiger partial charge on any atom is -0.492 e. The molecule has 0 saturated carbocycles. The third-order valence-corrected chi connectivity index (χ3v) is 2.59. The van der Waals surface area contributed by atoms with Crippen LogP contribution < -0.4 is 10.5 Å². The Morgan fingerprint density at radius 1 is 1.16 bits per heavy atom. The fraction of sp³-hybridized carbons (Fsp3) is 0.357. The molecule has 2 N–H and O–H groups in total. The molecule has 2 heterocycles. The number of rotatable bonds is 5. The van der Waals surface area contributed by atoms with Crippen molar-refractivity contribution in [2.45, 2.75) is 26.7 Å². The van der Waals surface area contributed by atoms with E-state index in [1.807, 2.05) is 13.0 Å². The zero-order valence-corrected chi connectivity index (χ0v) is 11.3. The van der Waals surface area contributed by atoms with E-state index in [4.69, 9.17) is 10.5 Å². The summed E-state index contributed by atoms with van der Waals surface area (Å²) in [5, 5.41) is 0. The van der Waals surface area contributed by atoms with Crippen LogP contribution in [-0.2, 0) is 6.42 Å². The maximum Gasteiger partial charge on any atom is 0.138 e. The summed E-state index contributed by atoms with van der Waals surface area (Å²) in [5.41, 5.74) is 7.49. The van der Waals surface area contributed by atoms with Crippen LogP contribution in [0.4, 0.5) is 5.82 Å². The van der Waals surface area contributed by atoms with Crippen LogP contribution in [0.15, 0.2) is 24.5 Å². The van der Waals surface area contributed by atoms with Crippen molar-refractivity contribution in [2.24, 2.45) is 0 Å². The first-order valence-electron chi connectivity index (χ1n) is 6.44. The quantitative estimate of drug-likeness (QED) is 0.891. The minimum absolute atomic E-state index is 0.482. The molecule has 0 amide bonds. The average Bonchev–Trinajstić information content (AvgIpc) is 2.39. The zero-order valence-electron chi connectivity index (χ0n) is 11.3. The summed E-state index contributed by atoms with van der Waals surface area (Å²) in [6, 6.07) is 3.67. The van der Waals surface area contributed by atoms with Gasteiger partial charge in [-0.05, 0) is 19.4 Å². The number of aromatic nitrogens is 3. The maximum absolute atomic E-state index is 5.82. The number of ether oxygens (including phenoxy) is 1. The highest BCUT2D eigenvalue weighted by Crippen LogP contribution is 2.22. The van der Waals surface area contributed by atoms with Gasteiger partial charge in [0.1, 0.15) is 17.4 Å². The summed E-state index contributed by atoms with van der Waals surface area (Å²) in [6.07, 6.45) is 5.24. The Bertz CT molecular complexity index is 557. The number of anilines is 1. The minimum atomic E-state index is 0.482. The van der Waals surface area contributed by atoms with E-state index < -0.39 is 0 Å². The van der Waals surface area contributed by atoms with Crippen LogP contribution >= 0.6 is 0 Å². The molecule has 100 valence electrons. The lowest BCUT2D eigenvalue weighted by molar-refractivity contribution is 0.339. The highest BCUT2D eigenvalue weighted by Gasteiger charge is 2.06. The summed E-state index contributed by atoms with van der Waals surface area (Å²) in [7, 11) is 0. The standard InChI is InChI=1S/C14H18N4O/c1-3-5-14-17-12(7-13(15)18-14)10-6-11(19-4-2)9-16-8-10/h6-9H,3-5H2,1-2H3,(H2,15,17,18). The molecule has 2 aromatic heterocycles. The highest BCUT2D eigenvalue weighted by atomic mass is 16.5. The van der Waals surface area contributed by atoms with E-state index in [1.165, 1.54) is 0 Å². The highest BCUT2D eigenvalue weighted by molar-refractivity contribution is 5.62. The van der Waals surface area contributed by atoms with Crippen LogP contribution in [0.1, 0.15) is 26.1 Å². The SMILES string of the molecule is CCCc1nc(N)cc(-c2cncc(OCC)c2)n1. The smallest absolute Gasteiger partial charge is 0.138 e. The Morgan fingerprint density at radius 2 is 2.00 bits per heavy atom. The fourth-order valence-corrected chi connectivity index (χ4v) is 1.81. The van der Waals surface area contributed by atoms with Gasteiger partial charge in [0.2, 0.25) is 0 Å². The summed E-state index contributed by atoms with van der Waals surface area (Å²) in [5.74, 6) is 1.98. The molecule has 19 heavy (non-hydrogen) atoms. The van der Waals surface area contributed by atoms with Gasteiger partial charge in [0, 0.05) is 24.2 Å².